The maximum atomic E-state index is 12.1. The lowest BCUT2D eigenvalue weighted by atomic mass is 10.1. The summed E-state index contributed by atoms with van der Waals surface area (Å²) in [7, 11) is 0. The number of allylic oxidation sites excluding steroid dienone is 1. The van der Waals surface area contributed by atoms with Gasteiger partial charge in [0.05, 0.1) is 4.92 Å². The highest BCUT2D eigenvalue weighted by atomic mass is 16.6. The summed E-state index contributed by atoms with van der Waals surface area (Å²) in [6.45, 7) is 3.30. The number of carbonyl (C=O) groups excluding carboxylic acids is 2. The summed E-state index contributed by atoms with van der Waals surface area (Å²) in [5, 5.41) is 10.6. The van der Waals surface area contributed by atoms with Gasteiger partial charge in [0.1, 0.15) is 5.75 Å². The Balaban J connectivity index is 2.04. The number of rotatable bonds is 6. The molecule has 0 atom stereocenters. The minimum Gasteiger partial charge on any atom is -0.423 e. The van der Waals surface area contributed by atoms with E-state index in [0.29, 0.717) is 16.9 Å². The van der Waals surface area contributed by atoms with Crippen molar-refractivity contribution in [3.8, 4) is 5.75 Å². The molecular formula is C18H13NO5. The number of hydrogen-bond acceptors (Lipinski definition) is 5. The fraction of sp³-hybridized carbons (Fsp3) is 0. The number of benzene rings is 2. The van der Waals surface area contributed by atoms with Crippen LogP contribution in [0.3, 0.4) is 0 Å². The van der Waals surface area contributed by atoms with E-state index in [0.717, 1.165) is 6.08 Å². The highest BCUT2D eigenvalue weighted by Gasteiger charge is 2.05. The second kappa shape index (κ2) is 7.64. The predicted octanol–water partition coefficient (Wildman–Crippen LogP) is 3.58. The highest BCUT2D eigenvalue weighted by molar-refractivity contribution is 6.06. The minimum absolute atomic E-state index is 0.0110. The number of carbonyl (C=O) groups is 2. The Morgan fingerprint density at radius 3 is 2.21 bits per heavy atom. The number of ether oxygens (including phenoxy) is 1. The van der Waals surface area contributed by atoms with Crippen molar-refractivity contribution >= 4 is 23.5 Å². The van der Waals surface area contributed by atoms with Crippen LogP contribution in [-0.2, 0) is 4.79 Å². The van der Waals surface area contributed by atoms with Crippen LogP contribution in [0.5, 0.6) is 5.75 Å². The molecule has 120 valence electrons. The Bertz CT molecular complexity index is 804. The van der Waals surface area contributed by atoms with Crippen LogP contribution in [0.4, 0.5) is 5.69 Å². The second-order valence-electron chi connectivity index (χ2n) is 4.70. The smallest absolute Gasteiger partial charge is 0.335 e. The van der Waals surface area contributed by atoms with Crippen molar-refractivity contribution in [2.75, 3.05) is 0 Å². The van der Waals surface area contributed by atoms with E-state index in [2.05, 4.69) is 6.58 Å². The number of non-ortho nitro benzene ring substituents is 1. The second-order valence-corrected chi connectivity index (χ2v) is 4.70. The molecule has 6 nitrogen and oxygen atoms in total. The first-order chi connectivity index (χ1) is 11.5. The molecule has 0 fully saturated rings. The van der Waals surface area contributed by atoms with Gasteiger partial charge in [-0.1, -0.05) is 12.7 Å². The molecule has 24 heavy (non-hydrogen) atoms. The van der Waals surface area contributed by atoms with Gasteiger partial charge in [-0.05, 0) is 48.0 Å². The van der Waals surface area contributed by atoms with Crippen molar-refractivity contribution in [1.82, 2.24) is 0 Å². The van der Waals surface area contributed by atoms with Gasteiger partial charge in [-0.3, -0.25) is 14.9 Å². The first-order valence-corrected chi connectivity index (χ1v) is 6.91. The first-order valence-electron chi connectivity index (χ1n) is 6.91. The van der Waals surface area contributed by atoms with Crippen LogP contribution in [0.1, 0.15) is 15.9 Å². The monoisotopic (exact) mass is 323 g/mol. The van der Waals surface area contributed by atoms with Crippen molar-refractivity contribution in [3.63, 3.8) is 0 Å². The van der Waals surface area contributed by atoms with Crippen molar-refractivity contribution in [1.29, 1.82) is 0 Å². The molecule has 0 heterocycles. The summed E-state index contributed by atoms with van der Waals surface area (Å²) in [6.07, 6.45) is 3.98. The van der Waals surface area contributed by atoms with E-state index < -0.39 is 10.9 Å². The van der Waals surface area contributed by atoms with Gasteiger partial charge in [-0.25, -0.2) is 4.79 Å². The molecule has 2 aromatic rings. The van der Waals surface area contributed by atoms with E-state index in [9.17, 15) is 19.7 Å². The summed E-state index contributed by atoms with van der Waals surface area (Å²) in [6, 6.07) is 11.9. The van der Waals surface area contributed by atoms with E-state index in [-0.39, 0.29) is 11.5 Å². The molecule has 0 bridgehead atoms. The van der Waals surface area contributed by atoms with Gasteiger partial charge in [-0.2, -0.15) is 0 Å². The van der Waals surface area contributed by atoms with Crippen molar-refractivity contribution in [2.45, 2.75) is 0 Å². The van der Waals surface area contributed by atoms with Gasteiger partial charge < -0.3 is 4.74 Å². The summed E-state index contributed by atoms with van der Waals surface area (Å²) >= 11 is 0. The molecule has 0 saturated heterocycles. The number of hydrogen-bond donors (Lipinski definition) is 0. The largest absolute Gasteiger partial charge is 0.423 e. The molecule has 0 saturated carbocycles. The number of esters is 1. The SMILES string of the molecule is C=CC(=O)Oc1ccc(C(=O)C=Cc2ccc([N+](=O)[O-])cc2)cc1. The molecular weight excluding hydrogens is 310 g/mol. The number of nitro groups is 1. The van der Waals surface area contributed by atoms with Crippen LogP contribution in [0.2, 0.25) is 0 Å². The number of nitro benzene ring substituents is 1. The van der Waals surface area contributed by atoms with Gasteiger partial charge in [0, 0.05) is 23.8 Å². The fourth-order valence-electron chi connectivity index (χ4n) is 1.82. The Morgan fingerprint density at radius 1 is 1.04 bits per heavy atom. The zero-order valence-electron chi connectivity index (χ0n) is 12.5. The molecule has 0 aromatic heterocycles. The molecule has 0 amide bonds. The van der Waals surface area contributed by atoms with Gasteiger partial charge in [0.15, 0.2) is 5.78 Å². The van der Waals surface area contributed by atoms with Crippen molar-refractivity contribution < 1.29 is 19.2 Å². The average molecular weight is 323 g/mol. The zero-order chi connectivity index (χ0) is 17.5. The maximum absolute atomic E-state index is 12.1. The molecule has 0 aliphatic heterocycles. The molecule has 2 aromatic carbocycles. The van der Waals surface area contributed by atoms with E-state index in [1.165, 1.54) is 42.5 Å². The third kappa shape index (κ3) is 4.48. The third-order valence-corrected chi connectivity index (χ3v) is 3.06. The average Bonchev–Trinajstić information content (AvgIpc) is 2.60. The van der Waals surface area contributed by atoms with Crippen LogP contribution in [0, 0.1) is 10.1 Å². The molecule has 2 rings (SSSR count). The predicted molar refractivity (Wildman–Crippen MR) is 88.7 cm³/mol. The zero-order valence-corrected chi connectivity index (χ0v) is 12.5. The Kier molecular flexibility index (Phi) is 5.36. The Hall–Kier alpha value is -3.54. The van der Waals surface area contributed by atoms with E-state index >= 15 is 0 Å². The van der Waals surface area contributed by atoms with Gasteiger partial charge in [-0.15, -0.1) is 0 Å². The van der Waals surface area contributed by atoms with Crippen LogP contribution in [-0.4, -0.2) is 16.7 Å². The van der Waals surface area contributed by atoms with Crippen molar-refractivity contribution in [3.05, 3.63) is 88.5 Å². The minimum atomic E-state index is -0.577. The summed E-state index contributed by atoms with van der Waals surface area (Å²) < 4.78 is 4.92. The molecule has 0 unspecified atom stereocenters. The van der Waals surface area contributed by atoms with Crippen LogP contribution < -0.4 is 4.74 Å². The third-order valence-electron chi connectivity index (χ3n) is 3.06. The Labute approximate surface area is 137 Å². The van der Waals surface area contributed by atoms with Crippen LogP contribution >= 0.6 is 0 Å². The quantitative estimate of drug-likeness (QED) is 0.202. The summed E-state index contributed by atoms with van der Waals surface area (Å²) in [5.74, 6) is -0.502. The van der Waals surface area contributed by atoms with Gasteiger partial charge >= 0.3 is 5.97 Å². The standard InChI is InChI=1S/C18H13NO5/c1-2-18(21)24-16-10-6-14(7-11-16)17(20)12-5-13-3-8-15(9-4-13)19(22)23/h2-12H,1H2. The first kappa shape index (κ1) is 16.8. The Morgan fingerprint density at radius 2 is 1.67 bits per heavy atom. The lowest BCUT2D eigenvalue weighted by molar-refractivity contribution is -0.384. The number of nitrogens with zero attached hydrogens (tertiary/aromatic N) is 1. The van der Waals surface area contributed by atoms with Crippen LogP contribution in [0.25, 0.3) is 6.08 Å². The van der Waals surface area contributed by atoms with E-state index in [1.807, 2.05) is 0 Å². The van der Waals surface area contributed by atoms with Gasteiger partial charge in [0.2, 0.25) is 0 Å². The van der Waals surface area contributed by atoms with E-state index in [1.54, 1.807) is 18.2 Å². The van der Waals surface area contributed by atoms with Crippen LogP contribution in [0.15, 0.2) is 67.3 Å². The summed E-state index contributed by atoms with van der Waals surface area (Å²) in [5.41, 5.74) is 1.08. The molecule has 0 aliphatic rings. The van der Waals surface area contributed by atoms with E-state index in [4.69, 9.17) is 4.74 Å². The molecule has 0 N–H and O–H groups in total. The molecule has 6 heteroatoms. The highest BCUT2D eigenvalue weighted by Crippen LogP contribution is 2.15. The maximum Gasteiger partial charge on any atom is 0.335 e. The van der Waals surface area contributed by atoms with Gasteiger partial charge in [0.25, 0.3) is 5.69 Å². The van der Waals surface area contributed by atoms with Crippen molar-refractivity contribution in [2.24, 2.45) is 0 Å². The normalized spacial score (nSPS) is 10.3. The number of ketones is 1. The molecule has 0 aliphatic carbocycles. The molecule has 0 spiro atoms. The lowest BCUT2D eigenvalue weighted by Gasteiger charge is -2.01. The fourth-order valence-corrected chi connectivity index (χ4v) is 1.82. The molecule has 0 radical (unpaired) electrons. The summed E-state index contributed by atoms with van der Waals surface area (Å²) in [4.78, 5) is 33.2. The topological polar surface area (TPSA) is 86.5 Å². The lowest BCUT2D eigenvalue weighted by Crippen LogP contribution is -2.03.